The molecule has 33 heavy (non-hydrogen) atoms. The molecule has 1 aromatic carbocycles. The summed E-state index contributed by atoms with van der Waals surface area (Å²) in [6.07, 6.45) is 1.27. The van der Waals surface area contributed by atoms with Crippen LogP contribution in [0.4, 0.5) is 10.1 Å². The van der Waals surface area contributed by atoms with E-state index < -0.39 is 21.4 Å². The van der Waals surface area contributed by atoms with Gasteiger partial charge in [-0.1, -0.05) is 12.1 Å². The Hall–Kier alpha value is -2.98. The van der Waals surface area contributed by atoms with Gasteiger partial charge in [0, 0.05) is 36.1 Å². The van der Waals surface area contributed by atoms with E-state index in [1.165, 1.54) is 18.2 Å². The van der Waals surface area contributed by atoms with Crippen LogP contribution >= 0.6 is 11.3 Å². The van der Waals surface area contributed by atoms with Crippen LogP contribution in [0.15, 0.2) is 63.6 Å². The average Bonchev–Trinajstić information content (AvgIpc) is 3.29. The number of pyridine rings is 1. The molecule has 2 unspecified atom stereocenters. The fourth-order valence-electron chi connectivity index (χ4n) is 4.74. The maximum atomic E-state index is 13.5. The summed E-state index contributed by atoms with van der Waals surface area (Å²) >= 11 is 1.56. The summed E-state index contributed by atoms with van der Waals surface area (Å²) in [6, 6.07) is 11.7. The second-order valence-corrected chi connectivity index (χ2v) is 11.2. The summed E-state index contributed by atoms with van der Waals surface area (Å²) in [6.45, 7) is 1.53. The molecule has 2 atom stereocenters. The summed E-state index contributed by atoms with van der Waals surface area (Å²) in [7, 11) is -4.10. The number of benzene rings is 1. The molecule has 2 bridgehead atoms. The smallest absolute Gasteiger partial charge is 0.275 e. The molecule has 4 heterocycles. The van der Waals surface area contributed by atoms with Gasteiger partial charge < -0.3 is 9.47 Å². The predicted octanol–water partition coefficient (Wildman–Crippen LogP) is 3.04. The number of carbonyl (C=O) groups is 1. The van der Waals surface area contributed by atoms with Gasteiger partial charge in [-0.15, -0.1) is 11.3 Å². The Morgan fingerprint density at radius 2 is 1.97 bits per heavy atom. The lowest BCUT2D eigenvalue weighted by atomic mass is 9.83. The van der Waals surface area contributed by atoms with Crippen LogP contribution in [0.2, 0.25) is 0 Å². The van der Waals surface area contributed by atoms with Crippen LogP contribution in [-0.2, 0) is 27.8 Å². The lowest BCUT2D eigenvalue weighted by Crippen LogP contribution is -2.49. The lowest BCUT2D eigenvalue weighted by Gasteiger charge is -2.43. The van der Waals surface area contributed by atoms with E-state index in [-0.39, 0.29) is 28.3 Å². The third-order valence-corrected chi connectivity index (χ3v) is 8.45. The molecule has 1 amide bonds. The van der Waals surface area contributed by atoms with Crippen molar-refractivity contribution in [2.75, 3.05) is 17.8 Å². The molecule has 0 spiro atoms. The molecule has 1 fully saturated rings. The van der Waals surface area contributed by atoms with E-state index in [9.17, 15) is 22.4 Å². The third-order valence-electron chi connectivity index (χ3n) is 6.21. The van der Waals surface area contributed by atoms with E-state index in [2.05, 4.69) is 4.72 Å². The molecule has 0 aliphatic carbocycles. The molecule has 0 saturated carbocycles. The van der Waals surface area contributed by atoms with Crippen molar-refractivity contribution < 1.29 is 17.6 Å². The highest BCUT2D eigenvalue weighted by Crippen LogP contribution is 2.36. The summed E-state index contributed by atoms with van der Waals surface area (Å²) in [4.78, 5) is 28.6. The standard InChI is InChI=1S/C23H22FN3O4S2/c24-17-3-1-5-19(10-17)33(30,31)25-20-6-7-21-16-9-15(13-27(21)23(20)29)12-26(14-16)22(28)11-18-4-2-8-32-18/h1-8,10,15-16,25H,9,11-14H2. The van der Waals surface area contributed by atoms with Crippen LogP contribution in [-0.4, -0.2) is 36.9 Å². The van der Waals surface area contributed by atoms with Crippen LogP contribution < -0.4 is 10.3 Å². The van der Waals surface area contributed by atoms with Crippen LogP contribution in [0.3, 0.4) is 0 Å². The van der Waals surface area contributed by atoms with Crippen molar-refractivity contribution >= 4 is 33.0 Å². The second kappa shape index (κ2) is 8.42. The average molecular weight is 488 g/mol. The van der Waals surface area contributed by atoms with E-state index >= 15 is 0 Å². The molecule has 3 aromatic rings. The molecule has 10 heteroatoms. The number of nitrogens with zero attached hydrogens (tertiary/aromatic N) is 2. The molecule has 172 valence electrons. The number of piperidine rings is 1. The van der Waals surface area contributed by atoms with Gasteiger partial charge in [0.1, 0.15) is 11.5 Å². The van der Waals surface area contributed by atoms with Crippen molar-refractivity contribution in [3.63, 3.8) is 0 Å². The van der Waals surface area contributed by atoms with Gasteiger partial charge in [0.25, 0.3) is 15.6 Å². The first-order chi connectivity index (χ1) is 15.8. The minimum Gasteiger partial charge on any atom is -0.341 e. The molecule has 1 saturated heterocycles. The number of amides is 1. The Balaban J connectivity index is 1.38. The van der Waals surface area contributed by atoms with Crippen LogP contribution in [0.25, 0.3) is 0 Å². The molecule has 1 N–H and O–H groups in total. The Labute approximate surface area is 194 Å². The summed E-state index contributed by atoms with van der Waals surface area (Å²) in [5.41, 5.74) is 0.299. The van der Waals surface area contributed by atoms with Crippen molar-refractivity contribution in [1.82, 2.24) is 9.47 Å². The first-order valence-electron chi connectivity index (χ1n) is 10.6. The first kappa shape index (κ1) is 21.8. The summed E-state index contributed by atoms with van der Waals surface area (Å²) < 4.78 is 42.7. The van der Waals surface area contributed by atoms with Gasteiger partial charge in [0.2, 0.25) is 5.91 Å². The number of likely N-dealkylation sites (tertiary alicyclic amines) is 1. The summed E-state index contributed by atoms with van der Waals surface area (Å²) in [5.74, 6) is -0.448. The number of hydrogen-bond donors (Lipinski definition) is 1. The van der Waals surface area contributed by atoms with Crippen molar-refractivity contribution in [2.45, 2.75) is 30.2 Å². The number of anilines is 1. The zero-order valence-electron chi connectivity index (χ0n) is 17.6. The largest absolute Gasteiger partial charge is 0.341 e. The second-order valence-electron chi connectivity index (χ2n) is 8.50. The van der Waals surface area contributed by atoms with Gasteiger partial charge in [-0.3, -0.25) is 14.3 Å². The number of carbonyl (C=O) groups excluding carboxylic acids is 1. The number of nitrogens with one attached hydrogen (secondary N) is 1. The molecule has 5 rings (SSSR count). The number of aromatic nitrogens is 1. The Bertz CT molecular complexity index is 1370. The van der Waals surface area contributed by atoms with E-state index in [1.54, 1.807) is 22.0 Å². The quantitative estimate of drug-likeness (QED) is 0.599. The molecule has 2 aliphatic heterocycles. The lowest BCUT2D eigenvalue weighted by molar-refractivity contribution is -0.133. The third kappa shape index (κ3) is 4.32. The SMILES string of the molecule is O=C(Cc1cccs1)N1CC2CC(C1)c1ccc(NS(=O)(=O)c3cccc(F)c3)c(=O)n1C2. The van der Waals surface area contributed by atoms with Gasteiger partial charge in [0.05, 0.1) is 11.3 Å². The maximum absolute atomic E-state index is 13.5. The van der Waals surface area contributed by atoms with Gasteiger partial charge in [-0.2, -0.15) is 0 Å². The zero-order chi connectivity index (χ0) is 23.2. The number of halogens is 1. The van der Waals surface area contributed by atoms with Crippen molar-refractivity contribution in [3.8, 4) is 0 Å². The minimum atomic E-state index is -4.10. The van der Waals surface area contributed by atoms with Crippen LogP contribution in [0, 0.1) is 11.7 Å². The maximum Gasteiger partial charge on any atom is 0.275 e. The molecule has 7 nitrogen and oxygen atoms in total. The highest BCUT2D eigenvalue weighted by molar-refractivity contribution is 7.92. The topological polar surface area (TPSA) is 88.5 Å². The molecule has 0 radical (unpaired) electrons. The normalized spacial score (nSPS) is 19.7. The Kier molecular flexibility index (Phi) is 5.57. The van der Waals surface area contributed by atoms with Crippen molar-refractivity contribution in [1.29, 1.82) is 0 Å². The number of sulfonamides is 1. The number of rotatable bonds is 5. The highest BCUT2D eigenvalue weighted by atomic mass is 32.2. The van der Waals surface area contributed by atoms with Crippen LogP contribution in [0.5, 0.6) is 0 Å². The number of thiophene rings is 1. The Morgan fingerprint density at radius 1 is 1.12 bits per heavy atom. The molecular weight excluding hydrogens is 465 g/mol. The molecule has 2 aromatic heterocycles. The van der Waals surface area contributed by atoms with E-state index in [0.717, 1.165) is 29.1 Å². The monoisotopic (exact) mass is 487 g/mol. The highest BCUT2D eigenvalue weighted by Gasteiger charge is 2.36. The number of fused-ring (bicyclic) bond motifs is 4. The van der Waals surface area contributed by atoms with Crippen LogP contribution in [0.1, 0.15) is 22.9 Å². The van der Waals surface area contributed by atoms with Gasteiger partial charge in [0.15, 0.2) is 0 Å². The predicted molar refractivity (Wildman–Crippen MR) is 123 cm³/mol. The zero-order valence-corrected chi connectivity index (χ0v) is 19.2. The van der Waals surface area contributed by atoms with Crippen molar-refractivity contribution in [3.05, 3.63) is 80.7 Å². The fourth-order valence-corrected chi connectivity index (χ4v) is 6.52. The summed E-state index contributed by atoms with van der Waals surface area (Å²) in [5, 5.41) is 1.95. The molecular formula is C23H22FN3O4S2. The van der Waals surface area contributed by atoms with E-state index in [4.69, 9.17) is 0 Å². The number of hydrogen-bond acceptors (Lipinski definition) is 5. The Morgan fingerprint density at radius 3 is 2.73 bits per heavy atom. The van der Waals surface area contributed by atoms with Crippen molar-refractivity contribution in [2.24, 2.45) is 5.92 Å². The van der Waals surface area contributed by atoms with E-state index in [1.807, 2.05) is 22.4 Å². The molecule has 2 aliphatic rings. The minimum absolute atomic E-state index is 0.0198. The van der Waals surface area contributed by atoms with E-state index in [0.29, 0.717) is 26.1 Å². The van der Waals surface area contributed by atoms with Gasteiger partial charge >= 0.3 is 0 Å². The first-order valence-corrected chi connectivity index (χ1v) is 13.0. The fraction of sp³-hybridized carbons (Fsp3) is 0.304. The van der Waals surface area contributed by atoms with Gasteiger partial charge in [-0.25, -0.2) is 12.8 Å². The van der Waals surface area contributed by atoms with Gasteiger partial charge in [-0.05, 0) is 54.1 Å².